The number of carbonyl (C=O) groups is 2. The summed E-state index contributed by atoms with van der Waals surface area (Å²) in [4.78, 5) is 31.2. The highest BCUT2D eigenvalue weighted by molar-refractivity contribution is 6.30. The molecular formula is C20H15ClN4O3. The average molecular weight is 395 g/mol. The van der Waals surface area contributed by atoms with E-state index in [9.17, 15) is 9.59 Å². The van der Waals surface area contributed by atoms with Crippen LogP contribution >= 0.6 is 11.6 Å². The molecule has 8 heteroatoms. The summed E-state index contributed by atoms with van der Waals surface area (Å²) < 4.78 is 5.26. The van der Waals surface area contributed by atoms with E-state index in [1.165, 1.54) is 0 Å². The number of benzene rings is 2. The predicted molar refractivity (Wildman–Crippen MR) is 100 cm³/mol. The highest BCUT2D eigenvalue weighted by Crippen LogP contribution is 2.41. The van der Waals surface area contributed by atoms with Gasteiger partial charge < -0.3 is 9.84 Å². The van der Waals surface area contributed by atoms with E-state index in [-0.39, 0.29) is 18.3 Å². The predicted octanol–water partition coefficient (Wildman–Crippen LogP) is 3.28. The molecule has 1 aliphatic heterocycles. The number of carbonyl (C=O) groups excluding carboxylic acids is 2. The Morgan fingerprint density at radius 1 is 1.18 bits per heavy atom. The Kier molecular flexibility index (Phi) is 3.73. The molecular weight excluding hydrogens is 380 g/mol. The molecule has 1 atom stereocenters. The van der Waals surface area contributed by atoms with Crippen LogP contribution in [-0.4, -0.2) is 27.0 Å². The van der Waals surface area contributed by atoms with Crippen molar-refractivity contribution in [3.63, 3.8) is 0 Å². The van der Waals surface area contributed by atoms with Crippen molar-refractivity contribution in [1.82, 2.24) is 20.4 Å². The van der Waals surface area contributed by atoms with Gasteiger partial charge in [0.2, 0.25) is 11.7 Å². The number of hydrogen-bond acceptors (Lipinski definition) is 5. The summed E-state index contributed by atoms with van der Waals surface area (Å²) in [7, 11) is 0. The van der Waals surface area contributed by atoms with Crippen molar-refractivity contribution in [2.75, 3.05) is 0 Å². The van der Waals surface area contributed by atoms with Crippen molar-refractivity contribution in [3.8, 4) is 11.4 Å². The number of fused-ring (bicyclic) bond motifs is 2. The second-order valence-electron chi connectivity index (χ2n) is 6.91. The number of aromatic nitrogens is 2. The Balaban J connectivity index is 1.41. The standard InChI is InChI=1S/C20H15ClN4O3/c21-14-6-3-5-13(10-14)17-22-16(28-24-17)11-25-18(26)20(23-19(25)27)9-8-12-4-1-2-7-15(12)20/h1-7,10H,8-9,11H2,(H,23,27). The van der Waals surface area contributed by atoms with Crippen molar-refractivity contribution < 1.29 is 14.1 Å². The second kappa shape index (κ2) is 6.17. The molecule has 0 bridgehead atoms. The van der Waals surface area contributed by atoms with Crippen molar-refractivity contribution in [3.05, 3.63) is 70.6 Å². The summed E-state index contributed by atoms with van der Waals surface area (Å²) >= 11 is 6.00. The smallest absolute Gasteiger partial charge is 0.325 e. The molecule has 1 aromatic heterocycles. The molecule has 3 aromatic rings. The first-order valence-electron chi connectivity index (χ1n) is 8.88. The lowest BCUT2D eigenvalue weighted by atomic mass is 9.92. The van der Waals surface area contributed by atoms with Gasteiger partial charge in [-0.15, -0.1) is 0 Å². The normalized spacial score (nSPS) is 20.7. The number of amides is 3. The number of urea groups is 1. The summed E-state index contributed by atoms with van der Waals surface area (Å²) in [5, 5.41) is 7.37. The fourth-order valence-electron chi connectivity index (χ4n) is 3.93. The van der Waals surface area contributed by atoms with Gasteiger partial charge >= 0.3 is 6.03 Å². The van der Waals surface area contributed by atoms with Crippen LogP contribution in [-0.2, 0) is 23.3 Å². The van der Waals surface area contributed by atoms with E-state index in [0.29, 0.717) is 22.8 Å². The fourth-order valence-corrected chi connectivity index (χ4v) is 4.12. The van der Waals surface area contributed by atoms with Crippen LogP contribution in [0.5, 0.6) is 0 Å². The van der Waals surface area contributed by atoms with Crippen LogP contribution in [0.2, 0.25) is 5.02 Å². The zero-order chi connectivity index (χ0) is 19.3. The summed E-state index contributed by atoms with van der Waals surface area (Å²) in [6.07, 6.45) is 1.29. The van der Waals surface area contributed by atoms with Gasteiger partial charge in [0.1, 0.15) is 12.1 Å². The SMILES string of the molecule is O=C1NC2(CCc3ccccc32)C(=O)N1Cc1nc(-c2cccc(Cl)c2)no1. The molecule has 2 heterocycles. The molecule has 28 heavy (non-hydrogen) atoms. The van der Waals surface area contributed by atoms with Crippen molar-refractivity contribution in [2.45, 2.75) is 24.9 Å². The van der Waals surface area contributed by atoms with Crippen LogP contribution < -0.4 is 5.32 Å². The highest BCUT2D eigenvalue weighted by Gasteiger charge is 2.55. The van der Waals surface area contributed by atoms with Gasteiger partial charge in [-0.25, -0.2) is 4.79 Å². The van der Waals surface area contributed by atoms with Gasteiger partial charge in [0.15, 0.2) is 0 Å². The van der Waals surface area contributed by atoms with Gasteiger partial charge in [0.05, 0.1) is 0 Å². The van der Waals surface area contributed by atoms with Crippen molar-refractivity contribution >= 4 is 23.5 Å². The quantitative estimate of drug-likeness (QED) is 0.688. The van der Waals surface area contributed by atoms with Crippen molar-refractivity contribution in [2.24, 2.45) is 0 Å². The number of aryl methyl sites for hydroxylation is 1. The lowest BCUT2D eigenvalue weighted by Crippen LogP contribution is -2.41. The third-order valence-corrected chi connectivity index (χ3v) is 5.50. The lowest BCUT2D eigenvalue weighted by molar-refractivity contribution is -0.132. The van der Waals surface area contributed by atoms with Crippen LogP contribution in [0.15, 0.2) is 53.1 Å². The molecule has 2 aromatic carbocycles. The number of nitrogens with one attached hydrogen (secondary N) is 1. The molecule has 7 nitrogen and oxygen atoms in total. The Morgan fingerprint density at radius 2 is 2.04 bits per heavy atom. The molecule has 5 rings (SSSR count). The van der Waals surface area contributed by atoms with Gasteiger partial charge in [-0.1, -0.05) is 53.2 Å². The molecule has 3 amide bonds. The van der Waals surface area contributed by atoms with Crippen molar-refractivity contribution in [1.29, 1.82) is 0 Å². The van der Waals surface area contributed by atoms with E-state index >= 15 is 0 Å². The first-order valence-corrected chi connectivity index (χ1v) is 9.26. The Morgan fingerprint density at radius 3 is 2.89 bits per heavy atom. The van der Waals surface area contributed by atoms with Crippen LogP contribution in [0, 0.1) is 0 Å². The highest BCUT2D eigenvalue weighted by atomic mass is 35.5. The molecule has 0 radical (unpaired) electrons. The third kappa shape index (κ3) is 2.51. The zero-order valence-electron chi connectivity index (χ0n) is 14.7. The monoisotopic (exact) mass is 394 g/mol. The first kappa shape index (κ1) is 16.9. The minimum absolute atomic E-state index is 0.0812. The van der Waals surface area contributed by atoms with Crippen LogP contribution in [0.25, 0.3) is 11.4 Å². The number of rotatable bonds is 3. The first-order chi connectivity index (χ1) is 13.6. The number of nitrogens with zero attached hydrogens (tertiary/aromatic N) is 3. The van der Waals surface area contributed by atoms with Gasteiger partial charge in [-0.3, -0.25) is 9.69 Å². The molecule has 2 aliphatic rings. The van der Waals surface area contributed by atoms with Gasteiger partial charge in [0, 0.05) is 10.6 Å². The van der Waals surface area contributed by atoms with E-state index in [4.69, 9.17) is 16.1 Å². The molecule has 1 aliphatic carbocycles. The zero-order valence-corrected chi connectivity index (χ0v) is 15.4. The fraction of sp³-hybridized carbons (Fsp3) is 0.200. The van der Waals surface area contributed by atoms with Gasteiger partial charge in [0.25, 0.3) is 5.91 Å². The Labute approximate surface area is 165 Å². The molecule has 1 N–H and O–H groups in total. The maximum absolute atomic E-state index is 13.2. The van der Waals surface area contributed by atoms with E-state index in [1.807, 2.05) is 24.3 Å². The molecule has 1 fully saturated rings. The molecule has 0 saturated carbocycles. The van der Waals surface area contributed by atoms with E-state index < -0.39 is 11.6 Å². The molecule has 140 valence electrons. The minimum Gasteiger partial charge on any atom is -0.337 e. The molecule has 1 saturated heterocycles. The number of imide groups is 1. The number of halogens is 1. The lowest BCUT2D eigenvalue weighted by Gasteiger charge is -2.21. The van der Waals surface area contributed by atoms with Crippen LogP contribution in [0.3, 0.4) is 0 Å². The average Bonchev–Trinajstić information content (AvgIpc) is 3.37. The summed E-state index contributed by atoms with van der Waals surface area (Å²) in [6, 6.07) is 14.3. The number of hydrogen-bond donors (Lipinski definition) is 1. The molecule has 1 unspecified atom stereocenters. The van der Waals surface area contributed by atoms with Crippen LogP contribution in [0.4, 0.5) is 4.79 Å². The Hall–Kier alpha value is -3.19. The van der Waals surface area contributed by atoms with E-state index in [1.54, 1.807) is 24.3 Å². The second-order valence-corrected chi connectivity index (χ2v) is 7.34. The largest absolute Gasteiger partial charge is 0.337 e. The summed E-state index contributed by atoms with van der Waals surface area (Å²) in [5.41, 5.74) is 1.64. The maximum Gasteiger partial charge on any atom is 0.325 e. The van der Waals surface area contributed by atoms with Gasteiger partial charge in [-0.2, -0.15) is 4.98 Å². The van der Waals surface area contributed by atoms with Crippen LogP contribution in [0.1, 0.15) is 23.4 Å². The van der Waals surface area contributed by atoms with E-state index in [2.05, 4.69) is 15.5 Å². The Bertz CT molecular complexity index is 1110. The summed E-state index contributed by atoms with van der Waals surface area (Å²) in [6.45, 7) is -0.0812. The molecule has 1 spiro atoms. The maximum atomic E-state index is 13.2. The summed E-state index contributed by atoms with van der Waals surface area (Å²) in [5.74, 6) is 0.247. The third-order valence-electron chi connectivity index (χ3n) is 5.27. The van der Waals surface area contributed by atoms with Gasteiger partial charge in [-0.05, 0) is 36.1 Å². The minimum atomic E-state index is -0.997. The van der Waals surface area contributed by atoms with E-state index in [0.717, 1.165) is 22.4 Å². The topological polar surface area (TPSA) is 88.3 Å².